The number of benzene rings is 3. The quantitative estimate of drug-likeness (QED) is 0.290. The Balaban J connectivity index is 1.35. The van der Waals surface area contributed by atoms with Crippen LogP contribution in [0.5, 0.6) is 17.2 Å². The van der Waals surface area contributed by atoms with Crippen LogP contribution in [-0.4, -0.2) is 48.9 Å². The maximum absolute atomic E-state index is 14.1. The van der Waals surface area contributed by atoms with E-state index in [9.17, 15) is 19.2 Å². The van der Waals surface area contributed by atoms with Gasteiger partial charge in [-0.2, -0.15) is 0 Å². The van der Waals surface area contributed by atoms with E-state index in [4.69, 9.17) is 14.2 Å². The number of nitrogens with zero attached hydrogens (tertiary/aromatic N) is 2. The van der Waals surface area contributed by atoms with Crippen molar-refractivity contribution in [1.29, 1.82) is 0 Å². The molecule has 0 radical (unpaired) electrons. The van der Waals surface area contributed by atoms with E-state index in [0.29, 0.717) is 33.5 Å². The third kappa shape index (κ3) is 5.17. The minimum Gasteiger partial charge on any atom is -0.497 e. The molecule has 0 bridgehead atoms. The second-order valence-corrected chi connectivity index (χ2v) is 10.6. The molecule has 0 aliphatic carbocycles. The summed E-state index contributed by atoms with van der Waals surface area (Å²) in [6.45, 7) is -0.274. The summed E-state index contributed by atoms with van der Waals surface area (Å²) in [5.41, 5.74) is 1.82. The molecule has 1 N–H and O–H groups in total. The Morgan fingerprint density at radius 3 is 2.55 bits per heavy atom. The van der Waals surface area contributed by atoms with E-state index >= 15 is 0 Å². The lowest BCUT2D eigenvalue weighted by Crippen LogP contribution is -2.46. The molecule has 1 atom stereocenters. The zero-order valence-electron chi connectivity index (χ0n) is 22.4. The van der Waals surface area contributed by atoms with E-state index in [-0.39, 0.29) is 18.9 Å². The zero-order chi connectivity index (χ0) is 29.2. The van der Waals surface area contributed by atoms with Crippen LogP contribution in [0.3, 0.4) is 0 Å². The molecule has 10 nitrogen and oxygen atoms in total. The van der Waals surface area contributed by atoms with Gasteiger partial charge in [0.05, 0.1) is 18.4 Å². The SMILES string of the molecule is COc1ccc(CN(C(=O)CN2C(=O)C(=O)c3ccccc32)[C@H](C(=O)Nc2ccc3c(c2)OCO3)c2cccs2)cc1. The minimum atomic E-state index is -1.05. The average Bonchev–Trinajstić information content (AvgIpc) is 3.75. The van der Waals surface area contributed by atoms with Crippen LogP contribution in [-0.2, 0) is 20.9 Å². The van der Waals surface area contributed by atoms with Crippen LogP contribution in [0.1, 0.15) is 26.8 Å². The molecule has 3 aromatic carbocycles. The molecule has 42 heavy (non-hydrogen) atoms. The van der Waals surface area contributed by atoms with Gasteiger partial charge in [0.1, 0.15) is 18.3 Å². The summed E-state index contributed by atoms with van der Waals surface area (Å²) in [5.74, 6) is -0.705. The number of Topliss-reactive ketones (excluding diaryl/α,β-unsaturated/α-hetero) is 1. The van der Waals surface area contributed by atoms with Crippen molar-refractivity contribution in [3.63, 3.8) is 0 Å². The van der Waals surface area contributed by atoms with Crippen LogP contribution in [0.25, 0.3) is 0 Å². The second-order valence-electron chi connectivity index (χ2n) is 9.58. The molecule has 0 saturated carbocycles. The number of hydrogen-bond donors (Lipinski definition) is 1. The van der Waals surface area contributed by atoms with Crippen molar-refractivity contribution in [3.05, 3.63) is 100 Å². The van der Waals surface area contributed by atoms with Crippen LogP contribution in [0.15, 0.2) is 84.2 Å². The van der Waals surface area contributed by atoms with Crippen molar-refractivity contribution in [3.8, 4) is 17.2 Å². The number of rotatable bonds is 9. The largest absolute Gasteiger partial charge is 0.497 e. The summed E-state index contributed by atoms with van der Waals surface area (Å²) in [5, 5.41) is 4.73. The number of ketones is 1. The second kappa shape index (κ2) is 11.4. The Hall–Kier alpha value is -5.16. The van der Waals surface area contributed by atoms with Gasteiger partial charge in [0.25, 0.3) is 17.6 Å². The van der Waals surface area contributed by atoms with Gasteiger partial charge in [0.15, 0.2) is 11.5 Å². The van der Waals surface area contributed by atoms with Crippen molar-refractivity contribution < 1.29 is 33.4 Å². The van der Waals surface area contributed by atoms with Crippen LogP contribution < -0.4 is 24.4 Å². The standard InChI is InChI=1S/C31H25N3O7S/c1-39-21-11-8-19(9-12-21)16-34(27(35)17-33-23-6-3-2-5-22(23)29(36)31(33)38)28(26-7-4-14-42-26)30(37)32-20-10-13-24-25(15-20)41-18-40-24/h2-15,28H,16-18H2,1H3,(H,32,37)/t28-/m0/s1. The molecule has 6 rings (SSSR count). The maximum Gasteiger partial charge on any atom is 0.299 e. The van der Waals surface area contributed by atoms with Crippen molar-refractivity contribution in [2.75, 3.05) is 30.7 Å². The number of anilines is 2. The molecule has 0 saturated heterocycles. The number of amides is 3. The van der Waals surface area contributed by atoms with Crippen LogP contribution in [0.2, 0.25) is 0 Å². The highest BCUT2D eigenvalue weighted by molar-refractivity contribution is 7.10. The van der Waals surface area contributed by atoms with Gasteiger partial charge in [0, 0.05) is 23.2 Å². The molecule has 4 aromatic rings. The van der Waals surface area contributed by atoms with Crippen molar-refractivity contribution in [2.24, 2.45) is 0 Å². The minimum absolute atomic E-state index is 0.0532. The molecular weight excluding hydrogens is 558 g/mol. The first-order valence-corrected chi connectivity index (χ1v) is 13.9. The number of nitrogens with one attached hydrogen (secondary N) is 1. The molecule has 212 valence electrons. The maximum atomic E-state index is 14.1. The molecular formula is C31H25N3O7S. The summed E-state index contributed by atoms with van der Waals surface area (Å²) in [6, 6.07) is 21.3. The number of carbonyl (C=O) groups excluding carboxylic acids is 4. The fourth-order valence-electron chi connectivity index (χ4n) is 4.94. The first-order valence-electron chi connectivity index (χ1n) is 13.0. The van der Waals surface area contributed by atoms with Crippen LogP contribution in [0.4, 0.5) is 11.4 Å². The average molecular weight is 584 g/mol. The monoisotopic (exact) mass is 583 g/mol. The van der Waals surface area contributed by atoms with Crippen LogP contribution in [0, 0.1) is 0 Å². The van der Waals surface area contributed by atoms with Crippen molar-refractivity contribution >= 4 is 46.2 Å². The highest BCUT2D eigenvalue weighted by Crippen LogP contribution is 2.36. The number of methoxy groups -OCH3 is 1. The molecule has 11 heteroatoms. The number of carbonyl (C=O) groups is 4. The van der Waals surface area contributed by atoms with E-state index in [1.807, 2.05) is 5.38 Å². The lowest BCUT2D eigenvalue weighted by molar-refractivity contribution is -0.138. The summed E-state index contributed by atoms with van der Waals surface area (Å²) in [7, 11) is 1.56. The summed E-state index contributed by atoms with van der Waals surface area (Å²) in [6.07, 6.45) is 0. The smallest absolute Gasteiger partial charge is 0.299 e. The predicted octanol–water partition coefficient (Wildman–Crippen LogP) is 4.42. The van der Waals surface area contributed by atoms with Gasteiger partial charge in [-0.05, 0) is 53.4 Å². The molecule has 2 aliphatic heterocycles. The Morgan fingerprint density at radius 2 is 1.79 bits per heavy atom. The summed E-state index contributed by atoms with van der Waals surface area (Å²) in [4.78, 5) is 56.8. The van der Waals surface area contributed by atoms with E-state index in [1.54, 1.807) is 86.0 Å². The topological polar surface area (TPSA) is 114 Å². The van der Waals surface area contributed by atoms with Gasteiger partial charge < -0.3 is 24.4 Å². The van der Waals surface area contributed by atoms with E-state index in [0.717, 1.165) is 5.56 Å². The third-order valence-corrected chi connectivity index (χ3v) is 7.94. The first kappa shape index (κ1) is 27.0. The molecule has 0 unspecified atom stereocenters. The Bertz CT molecular complexity index is 1670. The van der Waals surface area contributed by atoms with Gasteiger partial charge in [-0.25, -0.2) is 0 Å². The number of ether oxygens (including phenoxy) is 3. The molecule has 0 fully saturated rings. The lowest BCUT2D eigenvalue weighted by atomic mass is 10.1. The number of thiophene rings is 1. The van der Waals surface area contributed by atoms with Gasteiger partial charge in [-0.3, -0.25) is 24.1 Å². The summed E-state index contributed by atoms with van der Waals surface area (Å²) < 4.78 is 16.1. The highest BCUT2D eigenvalue weighted by Gasteiger charge is 2.39. The lowest BCUT2D eigenvalue weighted by Gasteiger charge is -2.32. The molecule has 1 aromatic heterocycles. The van der Waals surface area contributed by atoms with Crippen LogP contribution >= 0.6 is 11.3 Å². The first-order chi connectivity index (χ1) is 20.4. The highest BCUT2D eigenvalue weighted by atomic mass is 32.1. The van der Waals surface area contributed by atoms with Crippen molar-refractivity contribution in [2.45, 2.75) is 12.6 Å². The summed E-state index contributed by atoms with van der Waals surface area (Å²) >= 11 is 1.33. The van der Waals surface area contributed by atoms with E-state index in [1.165, 1.54) is 21.1 Å². The fraction of sp³-hybridized carbons (Fsp3) is 0.161. The van der Waals surface area contributed by atoms with Gasteiger partial charge in [0.2, 0.25) is 12.7 Å². The molecule has 0 spiro atoms. The van der Waals surface area contributed by atoms with Crippen molar-refractivity contribution in [1.82, 2.24) is 4.90 Å². The third-order valence-electron chi connectivity index (χ3n) is 7.02. The normalized spacial score (nSPS) is 14.0. The predicted molar refractivity (Wildman–Crippen MR) is 155 cm³/mol. The number of para-hydroxylation sites is 1. The Labute approximate surface area is 245 Å². The van der Waals surface area contributed by atoms with E-state index in [2.05, 4.69) is 5.32 Å². The van der Waals surface area contributed by atoms with Gasteiger partial charge >= 0.3 is 0 Å². The molecule has 3 amide bonds. The fourth-order valence-corrected chi connectivity index (χ4v) is 5.77. The number of fused-ring (bicyclic) bond motifs is 2. The Morgan fingerprint density at radius 1 is 1.00 bits per heavy atom. The molecule has 2 aliphatic rings. The van der Waals surface area contributed by atoms with E-state index < -0.39 is 36.1 Å². The van der Waals surface area contributed by atoms with Gasteiger partial charge in [-0.1, -0.05) is 30.3 Å². The Kier molecular flexibility index (Phi) is 7.32. The molecule has 3 heterocycles. The number of hydrogen-bond acceptors (Lipinski definition) is 8. The van der Waals surface area contributed by atoms with Gasteiger partial charge in [-0.15, -0.1) is 11.3 Å². The zero-order valence-corrected chi connectivity index (χ0v) is 23.3.